The van der Waals surface area contributed by atoms with Crippen molar-refractivity contribution in [2.45, 2.75) is 6.92 Å². The Kier molecular flexibility index (Phi) is 4.76. The molecule has 1 aromatic rings. The molecule has 0 atom stereocenters. The molecule has 2 heterocycles. The van der Waals surface area contributed by atoms with E-state index in [0.717, 1.165) is 42.0 Å². The summed E-state index contributed by atoms with van der Waals surface area (Å²) in [5.74, 6) is 0.961. The maximum Gasteiger partial charge on any atom is 0.242 e. The Balaban J connectivity index is 2.02. The first kappa shape index (κ1) is 14.3. The van der Waals surface area contributed by atoms with E-state index in [0.29, 0.717) is 6.54 Å². The number of rotatable bonds is 3. The van der Waals surface area contributed by atoms with Crippen molar-refractivity contribution in [3.63, 3.8) is 0 Å². The molecule has 0 saturated carbocycles. The molecule has 1 aliphatic heterocycles. The highest BCUT2D eigenvalue weighted by molar-refractivity contribution is 9.10. The molecule has 0 bridgehead atoms. The summed E-state index contributed by atoms with van der Waals surface area (Å²) >= 11 is 3.53. The van der Waals surface area contributed by atoms with Crippen LogP contribution in [0, 0.1) is 6.92 Å². The first-order chi connectivity index (χ1) is 9.09. The number of anilines is 1. The molecule has 0 spiro atoms. The zero-order valence-corrected chi connectivity index (χ0v) is 12.9. The molecule has 1 amide bonds. The molecule has 1 aromatic heterocycles. The highest BCUT2D eigenvalue weighted by Gasteiger charge is 2.19. The Hall–Kier alpha value is -1.14. The largest absolute Gasteiger partial charge is 0.349 e. The minimum absolute atomic E-state index is 0.152. The smallest absolute Gasteiger partial charge is 0.242 e. The SMILES string of the molecule is Cc1ccnc(N(C)CC(=O)N2CCNCC2)c1Br. The number of hydrogen-bond acceptors (Lipinski definition) is 4. The van der Waals surface area contributed by atoms with Gasteiger partial charge in [-0.1, -0.05) is 0 Å². The van der Waals surface area contributed by atoms with Gasteiger partial charge in [0.05, 0.1) is 11.0 Å². The summed E-state index contributed by atoms with van der Waals surface area (Å²) in [7, 11) is 1.90. The lowest BCUT2D eigenvalue weighted by Gasteiger charge is -2.29. The molecule has 0 unspecified atom stereocenters. The van der Waals surface area contributed by atoms with Crippen molar-refractivity contribution in [2.24, 2.45) is 0 Å². The Bertz CT molecular complexity index is 460. The quantitative estimate of drug-likeness (QED) is 0.901. The van der Waals surface area contributed by atoms with E-state index < -0.39 is 0 Å². The Morgan fingerprint density at radius 3 is 2.89 bits per heavy atom. The van der Waals surface area contributed by atoms with Crippen LogP contribution in [-0.4, -0.2) is 55.6 Å². The molecule has 1 aliphatic rings. The third-order valence-electron chi connectivity index (χ3n) is 3.27. The topological polar surface area (TPSA) is 48.5 Å². The number of nitrogens with one attached hydrogen (secondary N) is 1. The van der Waals surface area contributed by atoms with Gasteiger partial charge in [0.15, 0.2) is 0 Å². The van der Waals surface area contributed by atoms with Gasteiger partial charge < -0.3 is 15.1 Å². The number of piperazine rings is 1. The van der Waals surface area contributed by atoms with Crippen LogP contribution < -0.4 is 10.2 Å². The summed E-state index contributed by atoms with van der Waals surface area (Å²) in [5.41, 5.74) is 1.12. The van der Waals surface area contributed by atoms with Gasteiger partial charge >= 0.3 is 0 Å². The summed E-state index contributed by atoms with van der Waals surface area (Å²) in [6, 6.07) is 1.94. The highest BCUT2D eigenvalue weighted by atomic mass is 79.9. The maximum atomic E-state index is 12.2. The van der Waals surface area contributed by atoms with Crippen LogP contribution in [0.1, 0.15) is 5.56 Å². The molecule has 0 aliphatic carbocycles. The van der Waals surface area contributed by atoms with Crippen LogP contribution in [0.3, 0.4) is 0 Å². The van der Waals surface area contributed by atoms with Crippen molar-refractivity contribution in [3.05, 3.63) is 22.3 Å². The van der Waals surface area contributed by atoms with E-state index in [1.807, 2.05) is 29.8 Å². The standard InChI is InChI=1S/C13H19BrN4O/c1-10-3-4-16-13(12(10)14)17(2)9-11(19)18-7-5-15-6-8-18/h3-4,15H,5-9H2,1-2H3. The molecular weight excluding hydrogens is 308 g/mol. The van der Waals surface area contributed by atoms with Crippen molar-refractivity contribution in [3.8, 4) is 0 Å². The van der Waals surface area contributed by atoms with Crippen molar-refractivity contribution >= 4 is 27.7 Å². The van der Waals surface area contributed by atoms with Crippen LogP contribution >= 0.6 is 15.9 Å². The minimum atomic E-state index is 0.152. The van der Waals surface area contributed by atoms with E-state index in [9.17, 15) is 4.79 Å². The average Bonchev–Trinajstić information content (AvgIpc) is 2.42. The van der Waals surface area contributed by atoms with Crippen molar-refractivity contribution in [2.75, 3.05) is 44.7 Å². The van der Waals surface area contributed by atoms with Crippen LogP contribution in [0.15, 0.2) is 16.7 Å². The fraction of sp³-hybridized carbons (Fsp3) is 0.538. The zero-order valence-electron chi connectivity index (χ0n) is 11.3. The van der Waals surface area contributed by atoms with Gasteiger partial charge in [-0.05, 0) is 34.5 Å². The van der Waals surface area contributed by atoms with Crippen LogP contribution in [0.25, 0.3) is 0 Å². The van der Waals surface area contributed by atoms with Crippen LogP contribution in [-0.2, 0) is 4.79 Å². The molecule has 1 fully saturated rings. The number of amides is 1. The Labute approximate surface area is 122 Å². The second kappa shape index (κ2) is 6.34. The molecule has 0 radical (unpaired) electrons. The number of pyridine rings is 1. The predicted octanol–water partition coefficient (Wildman–Crippen LogP) is 1.02. The number of carbonyl (C=O) groups is 1. The first-order valence-corrected chi connectivity index (χ1v) is 7.19. The second-order valence-electron chi connectivity index (χ2n) is 4.75. The number of likely N-dealkylation sites (N-methyl/N-ethyl adjacent to an activating group) is 1. The van der Waals surface area contributed by atoms with Crippen LogP contribution in [0.4, 0.5) is 5.82 Å². The molecule has 5 nitrogen and oxygen atoms in total. The number of carbonyl (C=O) groups excluding carboxylic acids is 1. The van der Waals surface area contributed by atoms with Gasteiger partial charge in [-0.3, -0.25) is 4.79 Å². The monoisotopic (exact) mass is 326 g/mol. The summed E-state index contributed by atoms with van der Waals surface area (Å²) in [6.07, 6.45) is 1.77. The van der Waals surface area contributed by atoms with Crippen molar-refractivity contribution in [1.82, 2.24) is 15.2 Å². The number of halogens is 1. The molecule has 0 aromatic carbocycles. The third-order valence-corrected chi connectivity index (χ3v) is 4.25. The number of aryl methyl sites for hydroxylation is 1. The van der Waals surface area contributed by atoms with E-state index in [4.69, 9.17) is 0 Å². The molecular formula is C13H19BrN4O. The molecule has 104 valence electrons. The number of hydrogen-bond donors (Lipinski definition) is 1. The van der Waals surface area contributed by atoms with Gasteiger partial charge in [0.25, 0.3) is 0 Å². The van der Waals surface area contributed by atoms with E-state index in [1.54, 1.807) is 6.20 Å². The van der Waals surface area contributed by atoms with E-state index in [1.165, 1.54) is 0 Å². The number of aromatic nitrogens is 1. The lowest BCUT2D eigenvalue weighted by atomic mass is 10.3. The van der Waals surface area contributed by atoms with E-state index >= 15 is 0 Å². The van der Waals surface area contributed by atoms with Gasteiger partial charge in [0.1, 0.15) is 5.82 Å². The predicted molar refractivity (Wildman–Crippen MR) is 79.4 cm³/mol. The lowest BCUT2D eigenvalue weighted by Crippen LogP contribution is -2.49. The summed E-state index contributed by atoms with van der Waals surface area (Å²) < 4.78 is 0.950. The molecule has 2 rings (SSSR count). The van der Waals surface area contributed by atoms with Crippen LogP contribution in [0.5, 0.6) is 0 Å². The fourth-order valence-electron chi connectivity index (χ4n) is 2.08. The Morgan fingerprint density at radius 2 is 2.21 bits per heavy atom. The first-order valence-electron chi connectivity index (χ1n) is 6.40. The normalized spacial score (nSPS) is 15.4. The zero-order chi connectivity index (χ0) is 13.8. The lowest BCUT2D eigenvalue weighted by molar-refractivity contribution is -0.130. The minimum Gasteiger partial charge on any atom is -0.349 e. The third kappa shape index (κ3) is 3.45. The molecule has 1 saturated heterocycles. The summed E-state index contributed by atoms with van der Waals surface area (Å²) in [5, 5.41) is 3.24. The van der Waals surface area contributed by atoms with Gasteiger partial charge in [-0.2, -0.15) is 0 Å². The van der Waals surface area contributed by atoms with E-state index in [2.05, 4.69) is 26.2 Å². The maximum absolute atomic E-state index is 12.2. The number of nitrogens with zero attached hydrogens (tertiary/aromatic N) is 3. The van der Waals surface area contributed by atoms with E-state index in [-0.39, 0.29) is 5.91 Å². The Morgan fingerprint density at radius 1 is 1.53 bits per heavy atom. The van der Waals surface area contributed by atoms with Gasteiger partial charge in [0.2, 0.25) is 5.91 Å². The van der Waals surface area contributed by atoms with Crippen LogP contribution in [0.2, 0.25) is 0 Å². The molecule has 1 N–H and O–H groups in total. The van der Waals surface area contributed by atoms with Gasteiger partial charge in [-0.25, -0.2) is 4.98 Å². The summed E-state index contributed by atoms with van der Waals surface area (Å²) in [6.45, 7) is 5.70. The average molecular weight is 327 g/mol. The second-order valence-corrected chi connectivity index (χ2v) is 5.55. The highest BCUT2D eigenvalue weighted by Crippen LogP contribution is 2.25. The molecule has 19 heavy (non-hydrogen) atoms. The summed E-state index contributed by atoms with van der Waals surface area (Å²) in [4.78, 5) is 20.3. The van der Waals surface area contributed by atoms with Gasteiger partial charge in [0, 0.05) is 39.4 Å². The van der Waals surface area contributed by atoms with Gasteiger partial charge in [-0.15, -0.1) is 0 Å². The van der Waals surface area contributed by atoms with Crippen molar-refractivity contribution < 1.29 is 4.79 Å². The fourth-order valence-corrected chi connectivity index (χ4v) is 2.62. The van der Waals surface area contributed by atoms with Crippen molar-refractivity contribution in [1.29, 1.82) is 0 Å². The molecule has 6 heteroatoms.